The lowest BCUT2D eigenvalue weighted by Gasteiger charge is -2.34. The van der Waals surface area contributed by atoms with Gasteiger partial charge in [0.15, 0.2) is 0 Å². The molecule has 8 heteroatoms. The quantitative estimate of drug-likeness (QED) is 0.768. The fourth-order valence-corrected chi connectivity index (χ4v) is 3.65. The minimum atomic E-state index is -0.279. The lowest BCUT2D eigenvalue weighted by Crippen LogP contribution is -2.39. The first-order chi connectivity index (χ1) is 11.8. The highest BCUT2D eigenvalue weighted by molar-refractivity contribution is 7.13. The van der Waals surface area contributed by atoms with Gasteiger partial charge < -0.3 is 9.88 Å². The summed E-state index contributed by atoms with van der Waals surface area (Å²) in [4.78, 5) is 16.5. The van der Waals surface area contributed by atoms with Gasteiger partial charge in [-0.3, -0.25) is 5.32 Å². The van der Waals surface area contributed by atoms with Gasteiger partial charge in [-0.05, 0) is 24.0 Å². The zero-order chi connectivity index (χ0) is 16.4. The van der Waals surface area contributed by atoms with Crippen molar-refractivity contribution in [3.05, 3.63) is 59.6 Å². The lowest BCUT2D eigenvalue weighted by atomic mass is 9.84. The second-order valence-electron chi connectivity index (χ2n) is 5.63. The fraction of sp³-hybridized carbons (Fsp3) is 0.250. The molecule has 7 nitrogen and oxygen atoms in total. The molecule has 0 spiro atoms. The molecular formula is C16H16N6OS. The molecule has 1 aliphatic carbocycles. The van der Waals surface area contributed by atoms with Gasteiger partial charge in [-0.2, -0.15) is 0 Å². The van der Waals surface area contributed by atoms with Gasteiger partial charge in [0.1, 0.15) is 5.51 Å². The maximum Gasteiger partial charge on any atom is 0.321 e. The van der Waals surface area contributed by atoms with Crippen LogP contribution in [0.2, 0.25) is 0 Å². The molecule has 122 valence electrons. The number of amides is 2. The number of benzene rings is 1. The van der Waals surface area contributed by atoms with Crippen LogP contribution in [0.4, 0.5) is 9.93 Å². The van der Waals surface area contributed by atoms with Gasteiger partial charge in [-0.15, -0.1) is 10.2 Å². The van der Waals surface area contributed by atoms with Crippen molar-refractivity contribution in [2.45, 2.75) is 24.9 Å². The SMILES string of the molecule is O=C(Nc1nncs1)NC1c2ccccc2CCC1n1ccnc1. The first-order valence-electron chi connectivity index (χ1n) is 7.70. The third-order valence-electron chi connectivity index (χ3n) is 4.26. The largest absolute Gasteiger partial charge is 0.332 e. The summed E-state index contributed by atoms with van der Waals surface area (Å²) in [6, 6.07) is 7.96. The van der Waals surface area contributed by atoms with E-state index in [1.165, 1.54) is 16.9 Å². The summed E-state index contributed by atoms with van der Waals surface area (Å²) in [6.45, 7) is 0. The molecule has 2 aromatic heterocycles. The van der Waals surface area contributed by atoms with Crippen molar-refractivity contribution < 1.29 is 4.79 Å². The molecule has 0 saturated heterocycles. The zero-order valence-corrected chi connectivity index (χ0v) is 13.6. The molecule has 0 fully saturated rings. The Hall–Kier alpha value is -2.74. The number of hydrogen-bond acceptors (Lipinski definition) is 5. The monoisotopic (exact) mass is 340 g/mol. The van der Waals surface area contributed by atoms with E-state index in [4.69, 9.17) is 0 Å². The van der Waals surface area contributed by atoms with Crippen LogP contribution >= 0.6 is 11.3 Å². The van der Waals surface area contributed by atoms with Crippen molar-refractivity contribution in [2.75, 3.05) is 5.32 Å². The molecule has 0 radical (unpaired) electrons. The molecule has 2 unspecified atom stereocenters. The Balaban J connectivity index is 1.61. The van der Waals surface area contributed by atoms with Gasteiger partial charge in [0.25, 0.3) is 0 Å². The minimum absolute atomic E-state index is 0.127. The van der Waals surface area contributed by atoms with E-state index in [1.807, 2.05) is 18.3 Å². The highest BCUT2D eigenvalue weighted by atomic mass is 32.1. The van der Waals surface area contributed by atoms with Gasteiger partial charge in [0.05, 0.1) is 18.4 Å². The molecule has 0 saturated carbocycles. The molecule has 1 aromatic carbocycles. The van der Waals surface area contributed by atoms with E-state index in [0.29, 0.717) is 5.13 Å². The number of urea groups is 1. The predicted molar refractivity (Wildman–Crippen MR) is 90.8 cm³/mol. The van der Waals surface area contributed by atoms with Crippen molar-refractivity contribution in [3.63, 3.8) is 0 Å². The van der Waals surface area contributed by atoms with E-state index in [2.05, 4.69) is 42.5 Å². The Labute approximate surface area is 142 Å². The van der Waals surface area contributed by atoms with Gasteiger partial charge in [-0.25, -0.2) is 9.78 Å². The average molecular weight is 340 g/mol. The van der Waals surface area contributed by atoms with E-state index in [0.717, 1.165) is 18.4 Å². The summed E-state index contributed by atoms with van der Waals surface area (Å²) in [7, 11) is 0. The van der Waals surface area contributed by atoms with Gasteiger partial charge in [0, 0.05) is 12.4 Å². The van der Waals surface area contributed by atoms with Crippen molar-refractivity contribution in [1.29, 1.82) is 0 Å². The number of aryl methyl sites for hydroxylation is 1. The number of hydrogen-bond donors (Lipinski definition) is 2. The molecule has 2 atom stereocenters. The maximum atomic E-state index is 12.4. The topological polar surface area (TPSA) is 84.7 Å². The van der Waals surface area contributed by atoms with Crippen LogP contribution in [0, 0.1) is 0 Å². The highest BCUT2D eigenvalue weighted by Crippen LogP contribution is 2.37. The standard InChI is InChI=1S/C16H16N6OS/c23-15(20-16-21-18-10-24-16)19-14-12-4-2-1-3-11(12)5-6-13(14)22-8-7-17-9-22/h1-4,7-10,13-14H,5-6H2,(H2,19,20,21,23). The van der Waals surface area contributed by atoms with Crippen LogP contribution in [0.5, 0.6) is 0 Å². The highest BCUT2D eigenvalue weighted by Gasteiger charge is 2.31. The summed E-state index contributed by atoms with van der Waals surface area (Å²) in [5, 5.41) is 13.9. The number of rotatable bonds is 3. The summed E-state index contributed by atoms with van der Waals surface area (Å²) >= 11 is 1.29. The summed E-state index contributed by atoms with van der Waals surface area (Å²) < 4.78 is 2.06. The number of carbonyl (C=O) groups is 1. The Morgan fingerprint density at radius 3 is 3.04 bits per heavy atom. The zero-order valence-electron chi connectivity index (χ0n) is 12.8. The Kier molecular flexibility index (Phi) is 3.96. The Bertz CT molecular complexity index is 817. The number of imidazole rings is 1. The molecule has 24 heavy (non-hydrogen) atoms. The number of fused-ring (bicyclic) bond motifs is 1. The number of aromatic nitrogens is 4. The van der Waals surface area contributed by atoms with Crippen molar-refractivity contribution in [1.82, 2.24) is 25.1 Å². The van der Waals surface area contributed by atoms with E-state index < -0.39 is 0 Å². The van der Waals surface area contributed by atoms with Gasteiger partial charge >= 0.3 is 6.03 Å². The molecular weight excluding hydrogens is 324 g/mol. The van der Waals surface area contributed by atoms with Crippen molar-refractivity contribution in [2.24, 2.45) is 0 Å². The van der Waals surface area contributed by atoms with E-state index in [9.17, 15) is 4.79 Å². The Morgan fingerprint density at radius 2 is 2.25 bits per heavy atom. The van der Waals surface area contributed by atoms with E-state index in [-0.39, 0.29) is 18.1 Å². The van der Waals surface area contributed by atoms with Crippen LogP contribution in [0.1, 0.15) is 29.6 Å². The van der Waals surface area contributed by atoms with Crippen LogP contribution < -0.4 is 10.6 Å². The van der Waals surface area contributed by atoms with Crippen LogP contribution in [-0.4, -0.2) is 25.8 Å². The van der Waals surface area contributed by atoms with Crippen molar-refractivity contribution in [3.8, 4) is 0 Å². The number of anilines is 1. The van der Waals surface area contributed by atoms with Crippen LogP contribution in [0.25, 0.3) is 0 Å². The van der Waals surface area contributed by atoms with Gasteiger partial charge in [-0.1, -0.05) is 35.6 Å². The number of carbonyl (C=O) groups excluding carboxylic acids is 1. The summed E-state index contributed by atoms with van der Waals surface area (Å²) in [5.41, 5.74) is 4.00. The molecule has 2 amide bonds. The minimum Gasteiger partial charge on any atom is -0.332 e. The number of nitrogens with one attached hydrogen (secondary N) is 2. The first kappa shape index (κ1) is 14.8. The number of nitrogens with zero attached hydrogens (tertiary/aromatic N) is 4. The molecule has 4 rings (SSSR count). The van der Waals surface area contributed by atoms with Gasteiger partial charge in [0.2, 0.25) is 5.13 Å². The van der Waals surface area contributed by atoms with Crippen molar-refractivity contribution >= 4 is 22.5 Å². The molecule has 1 aliphatic rings. The molecule has 2 N–H and O–H groups in total. The maximum absolute atomic E-state index is 12.4. The fourth-order valence-electron chi connectivity index (χ4n) is 3.21. The first-order valence-corrected chi connectivity index (χ1v) is 8.58. The summed E-state index contributed by atoms with van der Waals surface area (Å²) in [5.74, 6) is 0. The second kappa shape index (κ2) is 6.40. The van der Waals surface area contributed by atoms with E-state index >= 15 is 0 Å². The molecule has 3 aromatic rings. The third kappa shape index (κ3) is 2.88. The molecule has 0 aliphatic heterocycles. The predicted octanol–water partition coefficient (Wildman–Crippen LogP) is 2.78. The molecule has 2 heterocycles. The smallest absolute Gasteiger partial charge is 0.321 e. The van der Waals surface area contributed by atoms with Crippen LogP contribution in [0.3, 0.4) is 0 Å². The third-order valence-corrected chi connectivity index (χ3v) is 4.87. The molecule has 0 bridgehead atoms. The second-order valence-corrected chi connectivity index (χ2v) is 6.47. The normalized spacial score (nSPS) is 19.5. The average Bonchev–Trinajstić information content (AvgIpc) is 3.29. The van der Waals surface area contributed by atoms with Crippen LogP contribution in [0.15, 0.2) is 48.5 Å². The Morgan fingerprint density at radius 1 is 1.33 bits per heavy atom. The lowest BCUT2D eigenvalue weighted by molar-refractivity contribution is 0.239. The summed E-state index contributed by atoms with van der Waals surface area (Å²) in [6.07, 6.45) is 7.43. The van der Waals surface area contributed by atoms with E-state index in [1.54, 1.807) is 18.0 Å². The van der Waals surface area contributed by atoms with Crippen LogP contribution in [-0.2, 0) is 6.42 Å².